The van der Waals surface area contributed by atoms with Crippen LogP contribution < -0.4 is 0 Å². The van der Waals surface area contributed by atoms with E-state index < -0.39 is 0 Å². The summed E-state index contributed by atoms with van der Waals surface area (Å²) in [6, 6.07) is 0. The van der Waals surface area contributed by atoms with Crippen LogP contribution in [0.1, 0.15) is 46.5 Å². The van der Waals surface area contributed by atoms with Crippen molar-refractivity contribution in [2.24, 2.45) is 23.2 Å². The van der Waals surface area contributed by atoms with E-state index in [1.807, 2.05) is 0 Å². The zero-order valence-electron chi connectivity index (χ0n) is 8.06. The summed E-state index contributed by atoms with van der Waals surface area (Å²) in [7, 11) is 0. The van der Waals surface area contributed by atoms with E-state index in [1.54, 1.807) is 6.42 Å². The predicted octanol–water partition coefficient (Wildman–Crippen LogP) is 3.47. The lowest BCUT2D eigenvalue weighted by atomic mass is 9.36. The third-order valence-corrected chi connectivity index (χ3v) is 4.75. The summed E-state index contributed by atoms with van der Waals surface area (Å²) < 4.78 is 0. The minimum Gasteiger partial charge on any atom is -0.0651 e. The van der Waals surface area contributed by atoms with E-state index in [1.165, 1.54) is 19.3 Å². The van der Waals surface area contributed by atoms with Crippen molar-refractivity contribution in [1.29, 1.82) is 0 Å². The molecular weight excluding hydrogens is 132 g/mol. The molecule has 0 heteroatoms. The molecule has 0 aromatic carbocycles. The first-order valence-electron chi connectivity index (χ1n) is 5.25. The van der Waals surface area contributed by atoms with Crippen LogP contribution in [0.2, 0.25) is 0 Å². The van der Waals surface area contributed by atoms with E-state index in [4.69, 9.17) is 0 Å². The molecule has 0 N–H and O–H groups in total. The SMILES string of the molecule is CCC1CC2CC(C)C12CC. The first-order valence-corrected chi connectivity index (χ1v) is 5.25. The van der Waals surface area contributed by atoms with Crippen molar-refractivity contribution < 1.29 is 0 Å². The fraction of sp³-hybridized carbons (Fsp3) is 1.00. The summed E-state index contributed by atoms with van der Waals surface area (Å²) in [5.41, 5.74) is 0.828. The molecule has 0 saturated heterocycles. The molecule has 2 aliphatic carbocycles. The van der Waals surface area contributed by atoms with Crippen molar-refractivity contribution in [2.45, 2.75) is 46.5 Å². The molecule has 0 nitrogen and oxygen atoms in total. The summed E-state index contributed by atoms with van der Waals surface area (Å²) in [4.78, 5) is 0. The second-order valence-corrected chi connectivity index (χ2v) is 4.64. The van der Waals surface area contributed by atoms with Gasteiger partial charge in [0.05, 0.1) is 0 Å². The Kier molecular flexibility index (Phi) is 1.56. The van der Waals surface area contributed by atoms with Gasteiger partial charge in [0.2, 0.25) is 0 Å². The number of fused-ring (bicyclic) bond motifs is 1. The van der Waals surface area contributed by atoms with Crippen molar-refractivity contribution in [1.82, 2.24) is 0 Å². The summed E-state index contributed by atoms with van der Waals surface area (Å²) >= 11 is 0. The molecule has 2 fully saturated rings. The van der Waals surface area contributed by atoms with Crippen LogP contribution in [0.15, 0.2) is 0 Å². The molecule has 0 aromatic heterocycles. The Morgan fingerprint density at radius 2 is 2.00 bits per heavy atom. The topological polar surface area (TPSA) is 0 Å². The van der Waals surface area contributed by atoms with Crippen LogP contribution in [0.25, 0.3) is 0 Å². The van der Waals surface area contributed by atoms with Gasteiger partial charge in [-0.05, 0) is 42.4 Å². The number of rotatable bonds is 2. The Morgan fingerprint density at radius 1 is 1.27 bits per heavy atom. The van der Waals surface area contributed by atoms with Gasteiger partial charge >= 0.3 is 0 Å². The maximum atomic E-state index is 2.46. The number of hydrogen-bond acceptors (Lipinski definition) is 0. The fourth-order valence-corrected chi connectivity index (χ4v) is 4.03. The Bertz CT molecular complexity index is 155. The summed E-state index contributed by atoms with van der Waals surface area (Å²) in [5.74, 6) is 3.25. The van der Waals surface area contributed by atoms with Gasteiger partial charge in [-0.3, -0.25) is 0 Å². The Morgan fingerprint density at radius 3 is 2.27 bits per heavy atom. The van der Waals surface area contributed by atoms with Crippen molar-refractivity contribution in [3.8, 4) is 0 Å². The Balaban J connectivity index is 2.10. The maximum Gasteiger partial charge on any atom is -0.0218 e. The highest BCUT2D eigenvalue weighted by Crippen LogP contribution is 2.70. The average Bonchev–Trinajstić information content (AvgIpc) is 1.99. The molecule has 0 radical (unpaired) electrons. The van der Waals surface area contributed by atoms with Crippen LogP contribution in [0.5, 0.6) is 0 Å². The quantitative estimate of drug-likeness (QED) is 0.568. The molecule has 0 bridgehead atoms. The predicted molar refractivity (Wildman–Crippen MR) is 48.4 cm³/mol. The molecule has 0 spiro atoms. The van der Waals surface area contributed by atoms with Gasteiger partial charge in [-0.25, -0.2) is 0 Å². The molecule has 0 aliphatic heterocycles. The van der Waals surface area contributed by atoms with Gasteiger partial charge in [-0.2, -0.15) is 0 Å². The van der Waals surface area contributed by atoms with Crippen LogP contribution in [0, 0.1) is 23.2 Å². The van der Waals surface area contributed by atoms with E-state index >= 15 is 0 Å². The van der Waals surface area contributed by atoms with Crippen LogP contribution >= 0.6 is 0 Å². The maximum absolute atomic E-state index is 2.46. The third kappa shape index (κ3) is 0.666. The molecular formula is C11H20. The third-order valence-electron chi connectivity index (χ3n) is 4.75. The van der Waals surface area contributed by atoms with Gasteiger partial charge < -0.3 is 0 Å². The molecule has 2 aliphatic rings. The van der Waals surface area contributed by atoms with E-state index in [9.17, 15) is 0 Å². The van der Waals surface area contributed by atoms with Crippen molar-refractivity contribution in [3.05, 3.63) is 0 Å². The molecule has 0 amide bonds. The second-order valence-electron chi connectivity index (χ2n) is 4.64. The standard InChI is InChI=1S/C11H20/c1-4-9-7-10-6-8(3)11(9,10)5-2/h8-10H,4-7H2,1-3H3. The molecule has 0 aromatic rings. The van der Waals surface area contributed by atoms with E-state index in [2.05, 4.69) is 20.8 Å². The molecule has 2 saturated carbocycles. The highest BCUT2D eigenvalue weighted by Gasteiger charge is 2.62. The van der Waals surface area contributed by atoms with Crippen molar-refractivity contribution >= 4 is 0 Å². The van der Waals surface area contributed by atoms with E-state index in [-0.39, 0.29) is 0 Å². The first kappa shape index (κ1) is 7.64. The van der Waals surface area contributed by atoms with Gasteiger partial charge in [0.1, 0.15) is 0 Å². The van der Waals surface area contributed by atoms with Crippen LogP contribution in [-0.4, -0.2) is 0 Å². The average molecular weight is 152 g/mol. The lowest BCUT2D eigenvalue weighted by molar-refractivity contribution is -0.195. The van der Waals surface area contributed by atoms with Crippen LogP contribution in [-0.2, 0) is 0 Å². The van der Waals surface area contributed by atoms with Gasteiger partial charge in [0.25, 0.3) is 0 Å². The Hall–Kier alpha value is 0. The highest BCUT2D eigenvalue weighted by atomic mass is 14.7. The van der Waals surface area contributed by atoms with Gasteiger partial charge in [0.15, 0.2) is 0 Å². The van der Waals surface area contributed by atoms with Gasteiger partial charge in [-0.15, -0.1) is 0 Å². The van der Waals surface area contributed by atoms with Crippen LogP contribution in [0.4, 0.5) is 0 Å². The van der Waals surface area contributed by atoms with Gasteiger partial charge in [-0.1, -0.05) is 27.2 Å². The first-order chi connectivity index (χ1) is 5.25. The van der Waals surface area contributed by atoms with E-state index in [0.717, 1.165) is 23.2 Å². The minimum atomic E-state index is 0.828. The fourth-order valence-electron chi connectivity index (χ4n) is 4.03. The smallest absolute Gasteiger partial charge is 0.0218 e. The summed E-state index contributed by atoms with van der Waals surface area (Å²) in [5, 5.41) is 0. The zero-order chi connectivity index (χ0) is 8.06. The monoisotopic (exact) mass is 152 g/mol. The normalized spacial score (nSPS) is 54.3. The highest BCUT2D eigenvalue weighted by molar-refractivity contribution is 5.11. The second kappa shape index (κ2) is 2.24. The molecule has 11 heavy (non-hydrogen) atoms. The lowest BCUT2D eigenvalue weighted by Crippen LogP contribution is -2.61. The molecule has 4 unspecified atom stereocenters. The van der Waals surface area contributed by atoms with Crippen molar-refractivity contribution in [3.63, 3.8) is 0 Å². The van der Waals surface area contributed by atoms with E-state index in [0.29, 0.717) is 0 Å². The molecule has 2 rings (SSSR count). The molecule has 64 valence electrons. The number of hydrogen-bond donors (Lipinski definition) is 0. The van der Waals surface area contributed by atoms with Crippen molar-refractivity contribution in [2.75, 3.05) is 0 Å². The van der Waals surface area contributed by atoms with Crippen LogP contribution in [0.3, 0.4) is 0 Å². The zero-order valence-corrected chi connectivity index (χ0v) is 8.06. The van der Waals surface area contributed by atoms with Gasteiger partial charge in [0, 0.05) is 0 Å². The minimum absolute atomic E-state index is 0.828. The molecule has 0 heterocycles. The summed E-state index contributed by atoms with van der Waals surface area (Å²) in [6.07, 6.45) is 5.95. The Labute approximate surface area is 70.4 Å². The summed E-state index contributed by atoms with van der Waals surface area (Å²) in [6.45, 7) is 7.22. The largest absolute Gasteiger partial charge is 0.0651 e. The lowest BCUT2D eigenvalue weighted by Gasteiger charge is -2.68. The molecule has 4 atom stereocenters.